The first-order valence-electron chi connectivity index (χ1n) is 7.48. The monoisotopic (exact) mass is 348 g/mol. The summed E-state index contributed by atoms with van der Waals surface area (Å²) in [5.74, 6) is -0.686. The smallest absolute Gasteiger partial charge is 0.251 e. The van der Waals surface area contributed by atoms with Gasteiger partial charge in [0.2, 0.25) is 10.0 Å². The number of benzene rings is 2. The molecule has 126 valence electrons. The number of nitrogens with zero attached hydrogens (tertiary/aromatic N) is 1. The van der Waals surface area contributed by atoms with Gasteiger partial charge in [0, 0.05) is 24.2 Å². The van der Waals surface area contributed by atoms with E-state index in [2.05, 4.69) is 5.32 Å². The Bertz CT molecular complexity index is 896. The zero-order valence-corrected chi connectivity index (χ0v) is 13.9. The topological polar surface area (TPSA) is 66.5 Å². The second kappa shape index (κ2) is 6.24. The first-order valence-corrected chi connectivity index (χ1v) is 9.33. The minimum Gasteiger partial charge on any atom is -0.348 e. The fraction of sp³-hybridized carbons (Fsp3) is 0.235. The van der Waals surface area contributed by atoms with Crippen molar-refractivity contribution in [3.8, 4) is 0 Å². The fourth-order valence-electron chi connectivity index (χ4n) is 2.78. The van der Waals surface area contributed by atoms with Crippen LogP contribution >= 0.6 is 0 Å². The Kier molecular flexibility index (Phi) is 4.28. The number of sulfonamides is 1. The van der Waals surface area contributed by atoms with Crippen LogP contribution in [0.15, 0.2) is 42.5 Å². The van der Waals surface area contributed by atoms with E-state index < -0.39 is 10.0 Å². The molecule has 5 nitrogen and oxygen atoms in total. The van der Waals surface area contributed by atoms with Crippen molar-refractivity contribution >= 4 is 21.6 Å². The summed E-state index contributed by atoms with van der Waals surface area (Å²) in [6.07, 6.45) is 1.73. The molecule has 0 spiro atoms. The molecule has 0 aliphatic carbocycles. The van der Waals surface area contributed by atoms with Gasteiger partial charge in [-0.3, -0.25) is 9.10 Å². The normalized spacial score (nSPS) is 13.7. The summed E-state index contributed by atoms with van der Waals surface area (Å²) >= 11 is 0. The van der Waals surface area contributed by atoms with Gasteiger partial charge in [-0.1, -0.05) is 18.2 Å². The molecule has 0 unspecified atom stereocenters. The first kappa shape index (κ1) is 16.4. The molecule has 0 bridgehead atoms. The van der Waals surface area contributed by atoms with Gasteiger partial charge < -0.3 is 5.32 Å². The van der Waals surface area contributed by atoms with Crippen molar-refractivity contribution in [3.05, 3.63) is 65.0 Å². The third-order valence-corrected chi connectivity index (χ3v) is 5.17. The second-order valence-corrected chi connectivity index (χ2v) is 7.61. The lowest BCUT2D eigenvalue weighted by atomic mass is 10.1. The fourth-order valence-corrected chi connectivity index (χ4v) is 3.73. The molecule has 1 aliphatic rings. The highest BCUT2D eigenvalue weighted by Gasteiger charge is 2.26. The van der Waals surface area contributed by atoms with Crippen molar-refractivity contribution in [3.63, 3.8) is 0 Å². The maximum absolute atomic E-state index is 13.6. The van der Waals surface area contributed by atoms with Gasteiger partial charge in [0.1, 0.15) is 5.82 Å². The predicted octanol–water partition coefficient (Wildman–Crippen LogP) is 2.08. The Morgan fingerprint density at radius 1 is 1.25 bits per heavy atom. The molecule has 1 aliphatic heterocycles. The summed E-state index contributed by atoms with van der Waals surface area (Å²) < 4.78 is 38.3. The molecule has 3 rings (SSSR count). The minimum absolute atomic E-state index is 0.0953. The molecule has 0 radical (unpaired) electrons. The third kappa shape index (κ3) is 3.26. The number of rotatable bonds is 4. The first-order chi connectivity index (χ1) is 11.4. The van der Waals surface area contributed by atoms with Gasteiger partial charge >= 0.3 is 0 Å². The number of nitrogens with one attached hydrogen (secondary N) is 1. The molecule has 1 heterocycles. The van der Waals surface area contributed by atoms with Crippen LogP contribution in [0.3, 0.4) is 0 Å². The minimum atomic E-state index is -3.31. The van der Waals surface area contributed by atoms with E-state index in [0.29, 0.717) is 29.8 Å². The Labute approximate surface area is 140 Å². The third-order valence-electron chi connectivity index (χ3n) is 3.99. The average Bonchev–Trinajstić information content (AvgIpc) is 2.97. The van der Waals surface area contributed by atoms with Gasteiger partial charge in [-0.2, -0.15) is 0 Å². The van der Waals surface area contributed by atoms with Gasteiger partial charge in [0.05, 0.1) is 11.9 Å². The largest absolute Gasteiger partial charge is 0.348 e. The molecular formula is C17H17FN2O3S. The standard InChI is InChI=1S/C17H17FN2O3S/c1-24(22,23)20-9-8-12-10-13(6-7-16(12)20)17(21)19-11-14-4-2-3-5-15(14)18/h2-7,10H,8-9,11H2,1H3,(H,19,21). The molecule has 2 aromatic carbocycles. The molecule has 0 saturated heterocycles. The van der Waals surface area contributed by atoms with Gasteiger partial charge in [0.15, 0.2) is 0 Å². The van der Waals surface area contributed by atoms with E-state index in [4.69, 9.17) is 0 Å². The van der Waals surface area contributed by atoms with Crippen LogP contribution in [0.4, 0.5) is 10.1 Å². The van der Waals surface area contributed by atoms with Crippen molar-refractivity contribution in [1.29, 1.82) is 0 Å². The molecule has 0 fully saturated rings. The summed E-state index contributed by atoms with van der Waals surface area (Å²) in [6, 6.07) is 11.2. The lowest BCUT2D eigenvalue weighted by Gasteiger charge is -2.16. The van der Waals surface area contributed by atoms with Crippen molar-refractivity contribution in [2.24, 2.45) is 0 Å². The lowest BCUT2D eigenvalue weighted by molar-refractivity contribution is 0.0950. The maximum Gasteiger partial charge on any atom is 0.251 e. The van der Waals surface area contributed by atoms with E-state index in [1.54, 1.807) is 36.4 Å². The Morgan fingerprint density at radius 3 is 2.71 bits per heavy atom. The van der Waals surface area contributed by atoms with Crippen LogP contribution in [0.25, 0.3) is 0 Å². The number of fused-ring (bicyclic) bond motifs is 1. The van der Waals surface area contributed by atoms with Crippen LogP contribution < -0.4 is 9.62 Å². The molecule has 0 atom stereocenters. The molecule has 1 N–H and O–H groups in total. The molecule has 0 aromatic heterocycles. The van der Waals surface area contributed by atoms with Crippen molar-refractivity contribution in [2.45, 2.75) is 13.0 Å². The van der Waals surface area contributed by atoms with Crippen LogP contribution in [0.5, 0.6) is 0 Å². The number of anilines is 1. The Hall–Kier alpha value is -2.41. The summed E-state index contributed by atoms with van der Waals surface area (Å²) in [6.45, 7) is 0.479. The molecule has 0 saturated carbocycles. The van der Waals surface area contributed by atoms with Crippen molar-refractivity contribution < 1.29 is 17.6 Å². The van der Waals surface area contributed by atoms with Crippen molar-refractivity contribution in [1.82, 2.24) is 5.32 Å². The highest BCUT2D eigenvalue weighted by molar-refractivity contribution is 7.92. The number of halogens is 1. The lowest BCUT2D eigenvalue weighted by Crippen LogP contribution is -2.27. The van der Waals surface area contributed by atoms with Crippen molar-refractivity contribution in [2.75, 3.05) is 17.1 Å². The second-order valence-electron chi connectivity index (χ2n) is 5.70. The molecule has 24 heavy (non-hydrogen) atoms. The van der Waals surface area contributed by atoms with E-state index in [1.807, 2.05) is 0 Å². The van der Waals surface area contributed by atoms with E-state index in [1.165, 1.54) is 10.4 Å². The van der Waals surface area contributed by atoms with Gasteiger partial charge in [-0.15, -0.1) is 0 Å². The highest BCUT2D eigenvalue weighted by Crippen LogP contribution is 2.30. The maximum atomic E-state index is 13.6. The molecule has 1 amide bonds. The number of hydrogen-bond donors (Lipinski definition) is 1. The SMILES string of the molecule is CS(=O)(=O)N1CCc2cc(C(=O)NCc3ccccc3F)ccc21. The van der Waals surface area contributed by atoms with E-state index >= 15 is 0 Å². The molecular weight excluding hydrogens is 331 g/mol. The van der Waals surface area contributed by atoms with Gasteiger partial charge in [-0.25, -0.2) is 12.8 Å². The quantitative estimate of drug-likeness (QED) is 0.920. The summed E-state index contributed by atoms with van der Waals surface area (Å²) in [5, 5.41) is 2.68. The van der Waals surface area contributed by atoms with Crippen LogP contribution in [0, 0.1) is 5.82 Å². The Morgan fingerprint density at radius 2 is 2.00 bits per heavy atom. The van der Waals surface area contributed by atoms with E-state index in [0.717, 1.165) is 11.8 Å². The van der Waals surface area contributed by atoms with E-state index in [9.17, 15) is 17.6 Å². The zero-order valence-electron chi connectivity index (χ0n) is 13.1. The number of carbonyl (C=O) groups excluding carboxylic acids is 1. The van der Waals surface area contributed by atoms with Crippen LogP contribution in [0.1, 0.15) is 21.5 Å². The van der Waals surface area contributed by atoms with E-state index in [-0.39, 0.29) is 18.3 Å². The van der Waals surface area contributed by atoms with Crippen LogP contribution in [-0.4, -0.2) is 27.1 Å². The molecule has 2 aromatic rings. The van der Waals surface area contributed by atoms with Gasteiger partial charge in [-0.05, 0) is 36.2 Å². The van der Waals surface area contributed by atoms with Crippen LogP contribution in [0.2, 0.25) is 0 Å². The summed E-state index contributed by atoms with van der Waals surface area (Å²) in [5.41, 5.74) is 2.28. The number of carbonyl (C=O) groups is 1. The average molecular weight is 348 g/mol. The Balaban J connectivity index is 1.75. The zero-order chi connectivity index (χ0) is 17.3. The highest BCUT2D eigenvalue weighted by atomic mass is 32.2. The summed E-state index contributed by atoms with van der Waals surface area (Å²) in [4.78, 5) is 12.2. The summed E-state index contributed by atoms with van der Waals surface area (Å²) in [7, 11) is -3.31. The molecule has 7 heteroatoms. The number of hydrogen-bond acceptors (Lipinski definition) is 3. The van der Waals surface area contributed by atoms with Gasteiger partial charge in [0.25, 0.3) is 5.91 Å². The predicted molar refractivity (Wildman–Crippen MR) is 89.9 cm³/mol. The van der Waals surface area contributed by atoms with Crippen LogP contribution in [-0.2, 0) is 23.0 Å². The number of amides is 1.